The molecule has 0 aliphatic carbocycles. The van der Waals surface area contributed by atoms with Gasteiger partial charge in [-0.15, -0.1) is 0 Å². The molecule has 1 aromatic carbocycles. The maximum absolute atomic E-state index is 6.16. The standard InChI is InChI=1S/C11H14Cl3N2S.HI/c1-15(2)11(16(3)4)17-8-6-5-7(12)9(13)10(8)14;/h5-6H,1-4H3;1H/q+1;/p-1. The molecule has 0 fully saturated rings. The van der Waals surface area contributed by atoms with Gasteiger partial charge in [0, 0.05) is 4.90 Å². The zero-order valence-corrected chi connectivity index (χ0v) is 15.7. The first kappa shape index (κ1) is 18.6. The van der Waals surface area contributed by atoms with Crippen molar-refractivity contribution in [2.45, 2.75) is 4.90 Å². The lowest BCUT2D eigenvalue weighted by atomic mass is 10.4. The van der Waals surface area contributed by atoms with Crippen LogP contribution >= 0.6 is 46.6 Å². The molecule has 1 rings (SSSR count). The van der Waals surface area contributed by atoms with Gasteiger partial charge < -0.3 is 24.0 Å². The zero-order valence-electron chi connectivity index (χ0n) is 10.5. The number of rotatable bonds is 1. The summed E-state index contributed by atoms with van der Waals surface area (Å²) in [5.41, 5.74) is 0. The monoisotopic (exact) mass is 438 g/mol. The van der Waals surface area contributed by atoms with Gasteiger partial charge in [0.25, 0.3) is 0 Å². The van der Waals surface area contributed by atoms with E-state index in [0.717, 1.165) is 10.1 Å². The number of thioether (sulfide) groups is 1. The van der Waals surface area contributed by atoms with Gasteiger partial charge in [0.05, 0.1) is 43.3 Å². The molecule has 0 amide bonds. The summed E-state index contributed by atoms with van der Waals surface area (Å²) >= 11 is 19.6. The molecule has 0 saturated carbocycles. The van der Waals surface area contributed by atoms with Crippen molar-refractivity contribution in [2.24, 2.45) is 0 Å². The normalized spacial score (nSPS) is 9.72. The van der Waals surface area contributed by atoms with Gasteiger partial charge in [-0.25, -0.2) is 0 Å². The van der Waals surface area contributed by atoms with Gasteiger partial charge >= 0.3 is 5.17 Å². The van der Waals surface area contributed by atoms with Crippen molar-refractivity contribution in [3.05, 3.63) is 27.2 Å². The molecule has 7 heteroatoms. The number of nitrogens with zero attached hydrogens (tertiary/aromatic N) is 2. The fraction of sp³-hybridized carbons (Fsp3) is 0.364. The topological polar surface area (TPSA) is 6.25 Å². The molecule has 0 aliphatic heterocycles. The molecule has 102 valence electrons. The minimum Gasteiger partial charge on any atom is -1.00 e. The van der Waals surface area contributed by atoms with Crippen molar-refractivity contribution in [3.63, 3.8) is 0 Å². The highest BCUT2D eigenvalue weighted by atomic mass is 127. The second-order valence-electron chi connectivity index (χ2n) is 3.85. The van der Waals surface area contributed by atoms with E-state index in [0.29, 0.717) is 15.1 Å². The summed E-state index contributed by atoms with van der Waals surface area (Å²) in [6, 6.07) is 3.62. The van der Waals surface area contributed by atoms with Crippen LogP contribution < -0.4 is 24.0 Å². The van der Waals surface area contributed by atoms with Crippen LogP contribution in [0.2, 0.25) is 15.1 Å². The van der Waals surface area contributed by atoms with Crippen LogP contribution in [0.15, 0.2) is 17.0 Å². The smallest absolute Gasteiger partial charge is 0.312 e. The number of benzene rings is 1. The molecule has 18 heavy (non-hydrogen) atoms. The molecule has 0 N–H and O–H groups in total. The van der Waals surface area contributed by atoms with Gasteiger partial charge in [-0.2, -0.15) is 0 Å². The fourth-order valence-electron chi connectivity index (χ4n) is 1.27. The average Bonchev–Trinajstić information content (AvgIpc) is 2.24. The third-order valence-corrected chi connectivity index (χ3v) is 4.84. The predicted molar refractivity (Wildman–Crippen MR) is 78.1 cm³/mol. The summed E-state index contributed by atoms with van der Waals surface area (Å²) in [4.78, 5) is 2.90. The Kier molecular flexibility index (Phi) is 8.33. The second-order valence-corrected chi connectivity index (χ2v) is 6.02. The van der Waals surface area contributed by atoms with Crippen LogP contribution in [0.5, 0.6) is 0 Å². The van der Waals surface area contributed by atoms with Gasteiger partial charge in [0.1, 0.15) is 0 Å². The minimum atomic E-state index is 0. The molecule has 0 aromatic heterocycles. The van der Waals surface area contributed by atoms with Crippen molar-refractivity contribution < 1.29 is 28.6 Å². The molecule has 0 radical (unpaired) electrons. The van der Waals surface area contributed by atoms with E-state index in [9.17, 15) is 0 Å². The Morgan fingerprint density at radius 3 is 2.11 bits per heavy atom. The highest BCUT2D eigenvalue weighted by molar-refractivity contribution is 8.13. The predicted octanol–water partition coefficient (Wildman–Crippen LogP) is 0.933. The van der Waals surface area contributed by atoms with E-state index in [1.54, 1.807) is 17.8 Å². The molecule has 0 aliphatic rings. The van der Waals surface area contributed by atoms with Crippen LogP contribution in [-0.4, -0.2) is 42.8 Å². The zero-order chi connectivity index (χ0) is 13.2. The van der Waals surface area contributed by atoms with E-state index in [2.05, 4.69) is 0 Å². The largest absolute Gasteiger partial charge is 1.00 e. The van der Waals surface area contributed by atoms with Crippen LogP contribution in [0.3, 0.4) is 0 Å². The number of hydrogen-bond donors (Lipinski definition) is 0. The van der Waals surface area contributed by atoms with Crippen LogP contribution in [0.1, 0.15) is 0 Å². The van der Waals surface area contributed by atoms with Crippen molar-refractivity contribution in [1.82, 2.24) is 4.90 Å². The fourth-order valence-corrected chi connectivity index (χ4v) is 2.86. The minimum absolute atomic E-state index is 0. The highest BCUT2D eigenvalue weighted by Gasteiger charge is 2.18. The summed E-state index contributed by atoms with van der Waals surface area (Å²) < 4.78 is 2.02. The Balaban J connectivity index is 0.00000289. The third kappa shape index (κ3) is 4.63. The van der Waals surface area contributed by atoms with E-state index >= 15 is 0 Å². The lowest BCUT2D eigenvalue weighted by Gasteiger charge is -2.12. The van der Waals surface area contributed by atoms with E-state index in [1.807, 2.05) is 43.7 Å². The summed E-state index contributed by atoms with van der Waals surface area (Å²) in [5.74, 6) is 0. The summed E-state index contributed by atoms with van der Waals surface area (Å²) in [7, 11) is 7.92. The highest BCUT2D eigenvalue weighted by Crippen LogP contribution is 2.38. The average molecular weight is 440 g/mol. The van der Waals surface area contributed by atoms with E-state index in [4.69, 9.17) is 34.8 Å². The Hall–Kier alpha value is 0.640. The maximum atomic E-state index is 6.16. The number of halogens is 4. The molecular formula is C11H14Cl3IN2S. The van der Waals surface area contributed by atoms with Crippen molar-refractivity contribution in [1.29, 1.82) is 0 Å². The first-order valence-corrected chi connectivity index (χ1v) is 6.82. The van der Waals surface area contributed by atoms with Crippen LogP contribution in [0, 0.1) is 0 Å². The maximum Gasteiger partial charge on any atom is 0.312 e. The van der Waals surface area contributed by atoms with E-state index in [-0.39, 0.29) is 24.0 Å². The van der Waals surface area contributed by atoms with Crippen LogP contribution in [0.25, 0.3) is 0 Å². The molecule has 0 bridgehead atoms. The first-order chi connectivity index (χ1) is 7.84. The van der Waals surface area contributed by atoms with Gasteiger partial charge in [-0.05, 0) is 23.9 Å². The van der Waals surface area contributed by atoms with Crippen molar-refractivity contribution in [2.75, 3.05) is 28.2 Å². The number of hydrogen-bond acceptors (Lipinski definition) is 1. The Morgan fingerprint density at radius 2 is 1.67 bits per heavy atom. The summed E-state index contributed by atoms with van der Waals surface area (Å²) in [6.45, 7) is 0. The summed E-state index contributed by atoms with van der Waals surface area (Å²) in [6.07, 6.45) is 0. The molecular weight excluding hydrogens is 425 g/mol. The SMILES string of the molecule is CN(C)C(Sc1ccc(Cl)c(Cl)c1Cl)=[N+](C)C.[I-]. The van der Waals surface area contributed by atoms with E-state index < -0.39 is 0 Å². The number of amidine groups is 1. The molecule has 0 saturated heterocycles. The molecule has 0 spiro atoms. The van der Waals surface area contributed by atoms with Crippen LogP contribution in [-0.2, 0) is 0 Å². The molecule has 2 nitrogen and oxygen atoms in total. The quantitative estimate of drug-likeness (QED) is 0.160. The van der Waals surface area contributed by atoms with E-state index in [1.165, 1.54) is 0 Å². The second kappa shape index (κ2) is 8.04. The van der Waals surface area contributed by atoms with Crippen molar-refractivity contribution >= 4 is 51.7 Å². The van der Waals surface area contributed by atoms with Gasteiger partial charge in [-0.3, -0.25) is 9.48 Å². The lowest BCUT2D eigenvalue weighted by Crippen LogP contribution is -3.00. The summed E-state index contributed by atoms with van der Waals surface area (Å²) in [5, 5.41) is 2.42. The Labute approximate surface area is 144 Å². The Morgan fingerprint density at radius 1 is 1.11 bits per heavy atom. The van der Waals surface area contributed by atoms with Gasteiger partial charge in [0.2, 0.25) is 0 Å². The Bertz CT molecular complexity index is 460. The molecule has 0 atom stereocenters. The van der Waals surface area contributed by atoms with Crippen LogP contribution in [0.4, 0.5) is 0 Å². The molecule has 0 heterocycles. The van der Waals surface area contributed by atoms with Gasteiger partial charge in [0.15, 0.2) is 0 Å². The third-order valence-electron chi connectivity index (χ3n) is 1.97. The molecule has 0 unspecified atom stereocenters. The molecule has 1 aromatic rings. The van der Waals surface area contributed by atoms with Gasteiger partial charge in [-0.1, -0.05) is 34.8 Å². The lowest BCUT2D eigenvalue weighted by molar-refractivity contribution is -0.466. The first-order valence-electron chi connectivity index (χ1n) is 4.87. The van der Waals surface area contributed by atoms with Crippen molar-refractivity contribution in [3.8, 4) is 0 Å².